The van der Waals surface area contributed by atoms with Gasteiger partial charge >= 0.3 is 5.63 Å². The van der Waals surface area contributed by atoms with Gasteiger partial charge in [0.05, 0.1) is 0 Å². The van der Waals surface area contributed by atoms with Crippen molar-refractivity contribution in [3.05, 3.63) is 45.8 Å². The van der Waals surface area contributed by atoms with Crippen molar-refractivity contribution in [3.63, 3.8) is 0 Å². The van der Waals surface area contributed by atoms with Crippen LogP contribution in [0.4, 0.5) is 0 Å². The van der Waals surface area contributed by atoms with Gasteiger partial charge in [-0.25, -0.2) is 4.79 Å². The minimum atomic E-state index is -0.572. The summed E-state index contributed by atoms with van der Waals surface area (Å²) in [7, 11) is 0. The third kappa shape index (κ3) is 3.15. The van der Waals surface area contributed by atoms with Crippen LogP contribution in [-0.2, 0) is 0 Å². The number of aryl methyl sites for hydroxylation is 1. The van der Waals surface area contributed by atoms with Crippen LogP contribution in [0.2, 0.25) is 0 Å². The number of amides is 1. The number of para-hydroxylation sites is 1. The van der Waals surface area contributed by atoms with Crippen LogP contribution >= 0.6 is 12.4 Å². The highest BCUT2D eigenvalue weighted by Crippen LogP contribution is 2.19. The maximum atomic E-state index is 12.4. The van der Waals surface area contributed by atoms with Crippen LogP contribution in [0.15, 0.2) is 33.5 Å². The molecule has 1 fully saturated rings. The Morgan fingerprint density at radius 1 is 1.27 bits per heavy atom. The van der Waals surface area contributed by atoms with Crippen LogP contribution in [0.3, 0.4) is 0 Å². The second kappa shape index (κ2) is 6.94. The lowest BCUT2D eigenvalue weighted by molar-refractivity contribution is 0.0925. The van der Waals surface area contributed by atoms with E-state index in [0.29, 0.717) is 11.1 Å². The van der Waals surface area contributed by atoms with Gasteiger partial charge in [-0.2, -0.15) is 0 Å². The largest absolute Gasteiger partial charge is 0.422 e. The zero-order chi connectivity index (χ0) is 14.8. The van der Waals surface area contributed by atoms with E-state index in [0.717, 1.165) is 31.3 Å². The van der Waals surface area contributed by atoms with Crippen LogP contribution in [0.25, 0.3) is 11.0 Å². The first-order valence-corrected chi connectivity index (χ1v) is 7.21. The van der Waals surface area contributed by atoms with Gasteiger partial charge in [-0.05, 0) is 44.5 Å². The Morgan fingerprint density at radius 3 is 2.68 bits per heavy atom. The zero-order valence-electron chi connectivity index (χ0n) is 12.3. The predicted molar refractivity (Wildman–Crippen MR) is 87.8 cm³/mol. The lowest BCUT2D eigenvalue weighted by Crippen LogP contribution is -2.44. The molecule has 6 heteroatoms. The average molecular weight is 323 g/mol. The van der Waals surface area contributed by atoms with Gasteiger partial charge in [0.1, 0.15) is 11.1 Å². The van der Waals surface area contributed by atoms with Gasteiger partial charge in [0.25, 0.3) is 5.91 Å². The Bertz CT molecular complexity index is 736. The molecule has 2 N–H and O–H groups in total. The monoisotopic (exact) mass is 322 g/mol. The summed E-state index contributed by atoms with van der Waals surface area (Å²) in [5.41, 5.74) is 0.733. The molecule has 1 amide bonds. The Morgan fingerprint density at radius 2 is 1.95 bits per heavy atom. The first-order chi connectivity index (χ1) is 10.2. The van der Waals surface area contributed by atoms with E-state index in [9.17, 15) is 9.59 Å². The fourth-order valence-corrected chi connectivity index (χ4v) is 2.79. The van der Waals surface area contributed by atoms with Crippen LogP contribution < -0.4 is 16.3 Å². The molecule has 2 heterocycles. The van der Waals surface area contributed by atoms with E-state index in [1.807, 2.05) is 12.1 Å². The topological polar surface area (TPSA) is 71.3 Å². The first kappa shape index (κ1) is 16.5. The van der Waals surface area contributed by atoms with E-state index in [1.165, 1.54) is 0 Å². The Labute approximate surface area is 134 Å². The second-order valence-corrected chi connectivity index (χ2v) is 5.38. The normalized spacial score (nSPS) is 15.3. The second-order valence-electron chi connectivity index (χ2n) is 5.38. The number of fused-ring (bicyclic) bond motifs is 1. The molecular weight excluding hydrogens is 304 g/mol. The van der Waals surface area contributed by atoms with Crippen molar-refractivity contribution >= 4 is 29.3 Å². The summed E-state index contributed by atoms with van der Waals surface area (Å²) >= 11 is 0. The number of hydrogen-bond donors (Lipinski definition) is 2. The number of carbonyl (C=O) groups is 1. The molecular formula is C16H19ClN2O3. The Kier molecular flexibility index (Phi) is 5.21. The van der Waals surface area contributed by atoms with Gasteiger partial charge < -0.3 is 15.1 Å². The van der Waals surface area contributed by atoms with Gasteiger partial charge in [0.15, 0.2) is 0 Å². The number of halogens is 1. The van der Waals surface area contributed by atoms with Gasteiger partial charge in [-0.3, -0.25) is 4.79 Å². The smallest absolute Gasteiger partial charge is 0.349 e. The summed E-state index contributed by atoms with van der Waals surface area (Å²) in [6.07, 6.45) is 1.76. The number of piperidine rings is 1. The summed E-state index contributed by atoms with van der Waals surface area (Å²) in [4.78, 5) is 24.5. The number of hydrogen-bond acceptors (Lipinski definition) is 4. The minimum Gasteiger partial charge on any atom is -0.422 e. The highest BCUT2D eigenvalue weighted by atomic mass is 35.5. The molecule has 1 aromatic heterocycles. The average Bonchev–Trinajstić information content (AvgIpc) is 2.48. The third-order valence-corrected chi connectivity index (χ3v) is 3.97. The highest BCUT2D eigenvalue weighted by Gasteiger charge is 2.22. The maximum absolute atomic E-state index is 12.4. The molecule has 1 aromatic carbocycles. The van der Waals surface area contributed by atoms with Crippen molar-refractivity contribution in [2.24, 2.45) is 0 Å². The van der Waals surface area contributed by atoms with E-state index < -0.39 is 5.63 Å². The van der Waals surface area contributed by atoms with Crippen molar-refractivity contribution in [3.8, 4) is 0 Å². The molecule has 1 saturated heterocycles. The Hall–Kier alpha value is -1.85. The van der Waals surface area contributed by atoms with Gasteiger partial charge in [0, 0.05) is 11.4 Å². The molecule has 0 bridgehead atoms. The molecule has 0 aliphatic carbocycles. The van der Waals surface area contributed by atoms with Gasteiger partial charge in [0.2, 0.25) is 0 Å². The van der Waals surface area contributed by atoms with E-state index in [1.54, 1.807) is 19.1 Å². The van der Waals surface area contributed by atoms with Crippen molar-refractivity contribution < 1.29 is 9.21 Å². The standard InChI is InChI=1S/C16H18N2O3.ClH/c1-10-12-4-2-3-5-13(12)21-16(20)14(10)15(19)18-11-6-8-17-9-7-11;/h2-5,11,17H,6-9H2,1H3,(H,18,19);1H. The molecule has 118 valence electrons. The van der Waals surface area contributed by atoms with Crippen molar-refractivity contribution in [1.82, 2.24) is 10.6 Å². The maximum Gasteiger partial charge on any atom is 0.349 e. The van der Waals surface area contributed by atoms with Gasteiger partial charge in [-0.1, -0.05) is 18.2 Å². The Balaban J connectivity index is 0.00000176. The van der Waals surface area contributed by atoms with E-state index in [-0.39, 0.29) is 29.9 Å². The fraction of sp³-hybridized carbons (Fsp3) is 0.375. The minimum absolute atomic E-state index is 0. The molecule has 3 rings (SSSR count). The highest BCUT2D eigenvalue weighted by molar-refractivity contribution is 5.99. The van der Waals surface area contributed by atoms with Crippen molar-refractivity contribution in [1.29, 1.82) is 0 Å². The quantitative estimate of drug-likeness (QED) is 0.830. The molecule has 5 nitrogen and oxygen atoms in total. The number of carbonyl (C=O) groups excluding carboxylic acids is 1. The number of benzene rings is 1. The molecule has 2 aromatic rings. The lowest BCUT2D eigenvalue weighted by atomic mass is 10.0. The van der Waals surface area contributed by atoms with E-state index >= 15 is 0 Å². The fourth-order valence-electron chi connectivity index (χ4n) is 2.79. The number of rotatable bonds is 2. The summed E-state index contributed by atoms with van der Waals surface area (Å²) < 4.78 is 5.26. The molecule has 1 aliphatic heterocycles. The molecule has 22 heavy (non-hydrogen) atoms. The van der Waals surface area contributed by atoms with Gasteiger partial charge in [-0.15, -0.1) is 12.4 Å². The molecule has 0 spiro atoms. The molecule has 0 saturated carbocycles. The third-order valence-electron chi connectivity index (χ3n) is 3.97. The molecule has 0 unspecified atom stereocenters. The van der Waals surface area contributed by atoms with E-state index in [2.05, 4.69) is 10.6 Å². The summed E-state index contributed by atoms with van der Waals surface area (Å²) in [6.45, 7) is 3.56. The summed E-state index contributed by atoms with van der Waals surface area (Å²) in [5, 5.41) is 6.98. The van der Waals surface area contributed by atoms with Crippen molar-refractivity contribution in [2.75, 3.05) is 13.1 Å². The van der Waals surface area contributed by atoms with Crippen LogP contribution in [-0.4, -0.2) is 25.0 Å². The van der Waals surface area contributed by atoms with E-state index in [4.69, 9.17) is 4.42 Å². The first-order valence-electron chi connectivity index (χ1n) is 7.21. The lowest BCUT2D eigenvalue weighted by Gasteiger charge is -2.23. The SMILES string of the molecule is Cc1c(C(=O)NC2CCNCC2)c(=O)oc2ccccc12.Cl. The zero-order valence-corrected chi connectivity index (χ0v) is 13.2. The molecule has 0 atom stereocenters. The number of nitrogens with one attached hydrogen (secondary N) is 2. The van der Waals surface area contributed by atoms with Crippen LogP contribution in [0.5, 0.6) is 0 Å². The summed E-state index contributed by atoms with van der Waals surface area (Å²) in [6, 6.07) is 7.38. The summed E-state index contributed by atoms with van der Waals surface area (Å²) in [5.74, 6) is -0.334. The van der Waals surface area contributed by atoms with Crippen LogP contribution in [0, 0.1) is 6.92 Å². The van der Waals surface area contributed by atoms with Crippen LogP contribution in [0.1, 0.15) is 28.8 Å². The molecule has 0 radical (unpaired) electrons. The predicted octanol–water partition coefficient (Wildman–Crippen LogP) is 2.01. The molecule has 1 aliphatic rings. The van der Waals surface area contributed by atoms with Crippen molar-refractivity contribution in [2.45, 2.75) is 25.8 Å².